The molecule has 0 aliphatic carbocycles. The molecule has 1 aromatic carbocycles. The molecule has 0 fully saturated rings. The summed E-state index contributed by atoms with van der Waals surface area (Å²) >= 11 is 5.77. The predicted molar refractivity (Wildman–Crippen MR) is 74.6 cm³/mol. The molecule has 0 aliphatic rings. The van der Waals surface area contributed by atoms with Crippen molar-refractivity contribution in [2.45, 2.75) is 39.2 Å². The van der Waals surface area contributed by atoms with E-state index in [-0.39, 0.29) is 23.4 Å². The number of rotatable bonds is 5. The first-order valence-electron chi connectivity index (χ1n) is 6.13. The topological polar surface area (TPSA) is 66.4 Å². The van der Waals surface area contributed by atoms with E-state index in [1.807, 2.05) is 0 Å². The van der Waals surface area contributed by atoms with Gasteiger partial charge in [0.15, 0.2) is 5.82 Å². The van der Waals surface area contributed by atoms with Crippen molar-refractivity contribution >= 4 is 23.5 Å². The molecule has 1 rings (SSSR count). The summed E-state index contributed by atoms with van der Waals surface area (Å²) in [6, 6.07) is 2.92. The Balaban J connectivity index is 2.86. The van der Waals surface area contributed by atoms with Crippen LogP contribution in [-0.4, -0.2) is 22.5 Å². The summed E-state index contributed by atoms with van der Waals surface area (Å²) in [6.45, 7) is 5.01. The van der Waals surface area contributed by atoms with Crippen molar-refractivity contribution in [2.24, 2.45) is 0 Å². The van der Waals surface area contributed by atoms with Crippen LogP contribution in [0.3, 0.4) is 0 Å². The van der Waals surface area contributed by atoms with Gasteiger partial charge in [-0.3, -0.25) is 9.59 Å². The van der Waals surface area contributed by atoms with Crippen molar-refractivity contribution < 1.29 is 19.1 Å². The highest BCUT2D eigenvalue weighted by Crippen LogP contribution is 2.23. The van der Waals surface area contributed by atoms with E-state index in [1.54, 1.807) is 26.8 Å². The number of aryl methyl sites for hydroxylation is 1. The van der Waals surface area contributed by atoms with Crippen LogP contribution in [0.1, 0.15) is 42.6 Å². The molecule has 0 bridgehead atoms. The number of carboxylic acid groups (broad SMARTS) is 1. The highest BCUT2D eigenvalue weighted by Gasteiger charge is 2.24. The molecule has 20 heavy (non-hydrogen) atoms. The zero-order valence-electron chi connectivity index (χ0n) is 11.6. The Morgan fingerprint density at radius 1 is 1.40 bits per heavy atom. The molecule has 110 valence electrons. The summed E-state index contributed by atoms with van der Waals surface area (Å²) in [4.78, 5) is 22.6. The fraction of sp³-hybridized carbons (Fsp3) is 0.429. The Kier molecular flexibility index (Phi) is 5.11. The van der Waals surface area contributed by atoms with Crippen LogP contribution in [0.4, 0.5) is 4.39 Å². The summed E-state index contributed by atoms with van der Waals surface area (Å²) in [5, 5.41) is 11.2. The van der Waals surface area contributed by atoms with Crippen LogP contribution in [0.5, 0.6) is 0 Å². The van der Waals surface area contributed by atoms with Crippen molar-refractivity contribution in [3.8, 4) is 0 Å². The molecule has 0 heterocycles. The standard InChI is InChI=1S/C14H17ClFNO3/c1-8-4-5-9(12(16)11(8)15)13(20)17-14(2,3)7-6-10(18)19/h4-5H,6-7H2,1-3H3,(H,17,20)(H,18,19). The fourth-order valence-electron chi connectivity index (χ4n) is 1.68. The summed E-state index contributed by atoms with van der Waals surface area (Å²) in [7, 11) is 0. The SMILES string of the molecule is Cc1ccc(C(=O)NC(C)(C)CCC(=O)O)c(F)c1Cl. The van der Waals surface area contributed by atoms with Crippen molar-refractivity contribution in [2.75, 3.05) is 0 Å². The molecule has 0 saturated carbocycles. The first-order chi connectivity index (χ1) is 9.14. The number of carbonyl (C=O) groups excluding carboxylic acids is 1. The minimum absolute atomic E-state index is 0.0790. The van der Waals surface area contributed by atoms with Crippen LogP contribution >= 0.6 is 11.6 Å². The molecular weight excluding hydrogens is 285 g/mol. The van der Waals surface area contributed by atoms with E-state index in [2.05, 4.69) is 5.32 Å². The van der Waals surface area contributed by atoms with E-state index in [1.165, 1.54) is 6.07 Å². The lowest BCUT2D eigenvalue weighted by atomic mass is 9.97. The normalized spacial score (nSPS) is 11.2. The van der Waals surface area contributed by atoms with Gasteiger partial charge in [0.25, 0.3) is 5.91 Å². The number of hydrogen-bond acceptors (Lipinski definition) is 2. The Morgan fingerprint density at radius 3 is 2.55 bits per heavy atom. The predicted octanol–water partition coefficient (Wildman–Crippen LogP) is 3.16. The van der Waals surface area contributed by atoms with Gasteiger partial charge in [-0.1, -0.05) is 17.7 Å². The molecular formula is C14H17ClFNO3. The molecule has 0 spiro atoms. The van der Waals surface area contributed by atoms with Crippen molar-refractivity contribution in [1.29, 1.82) is 0 Å². The molecule has 1 aromatic rings. The second-order valence-electron chi connectivity index (χ2n) is 5.29. The van der Waals surface area contributed by atoms with Gasteiger partial charge in [0.05, 0.1) is 10.6 Å². The van der Waals surface area contributed by atoms with Gasteiger partial charge < -0.3 is 10.4 Å². The molecule has 0 radical (unpaired) electrons. The number of benzene rings is 1. The largest absolute Gasteiger partial charge is 0.481 e. The molecule has 1 amide bonds. The summed E-state index contributed by atoms with van der Waals surface area (Å²) < 4.78 is 13.9. The lowest BCUT2D eigenvalue weighted by Crippen LogP contribution is -2.44. The molecule has 0 unspecified atom stereocenters. The molecule has 4 nitrogen and oxygen atoms in total. The second kappa shape index (κ2) is 6.22. The van der Waals surface area contributed by atoms with Gasteiger partial charge in [0.2, 0.25) is 0 Å². The lowest BCUT2D eigenvalue weighted by molar-refractivity contribution is -0.137. The third kappa shape index (κ3) is 4.20. The monoisotopic (exact) mass is 301 g/mol. The fourth-order valence-corrected chi connectivity index (χ4v) is 1.84. The van der Waals surface area contributed by atoms with E-state index >= 15 is 0 Å². The van der Waals surface area contributed by atoms with E-state index in [9.17, 15) is 14.0 Å². The lowest BCUT2D eigenvalue weighted by Gasteiger charge is -2.25. The quantitative estimate of drug-likeness (QED) is 0.878. The van der Waals surface area contributed by atoms with Crippen molar-refractivity contribution in [1.82, 2.24) is 5.32 Å². The van der Waals surface area contributed by atoms with E-state index < -0.39 is 23.2 Å². The highest BCUT2D eigenvalue weighted by atomic mass is 35.5. The minimum Gasteiger partial charge on any atom is -0.481 e. The average molecular weight is 302 g/mol. The molecule has 0 saturated heterocycles. The Morgan fingerprint density at radius 2 is 2.00 bits per heavy atom. The maximum Gasteiger partial charge on any atom is 0.303 e. The number of carbonyl (C=O) groups is 2. The van der Waals surface area contributed by atoms with Gasteiger partial charge >= 0.3 is 5.97 Å². The summed E-state index contributed by atoms with van der Waals surface area (Å²) in [5.74, 6) is -2.32. The number of halogens is 2. The van der Waals surface area contributed by atoms with Crippen molar-refractivity contribution in [3.63, 3.8) is 0 Å². The summed E-state index contributed by atoms with van der Waals surface area (Å²) in [6.07, 6.45) is 0.166. The van der Waals surface area contributed by atoms with Crippen LogP contribution in [0.15, 0.2) is 12.1 Å². The molecule has 6 heteroatoms. The number of carboxylic acids is 1. The van der Waals surface area contributed by atoms with Crippen LogP contribution in [0.2, 0.25) is 5.02 Å². The number of nitrogens with one attached hydrogen (secondary N) is 1. The summed E-state index contributed by atoms with van der Waals surface area (Å²) in [5.41, 5.74) is -0.353. The van der Waals surface area contributed by atoms with E-state index in [4.69, 9.17) is 16.7 Å². The second-order valence-corrected chi connectivity index (χ2v) is 5.67. The van der Waals surface area contributed by atoms with Gasteiger partial charge in [-0.15, -0.1) is 0 Å². The molecule has 0 aliphatic heterocycles. The Labute approximate surface area is 121 Å². The Hall–Kier alpha value is -1.62. The third-order valence-electron chi connectivity index (χ3n) is 2.94. The number of amides is 1. The maximum atomic E-state index is 13.9. The van der Waals surface area contributed by atoms with Gasteiger partial charge in [0.1, 0.15) is 0 Å². The van der Waals surface area contributed by atoms with Crippen LogP contribution in [0, 0.1) is 12.7 Å². The maximum absolute atomic E-state index is 13.9. The number of hydrogen-bond donors (Lipinski definition) is 2. The van der Waals surface area contributed by atoms with Gasteiger partial charge in [-0.05, 0) is 38.8 Å². The van der Waals surface area contributed by atoms with Gasteiger partial charge in [0, 0.05) is 12.0 Å². The molecule has 0 aromatic heterocycles. The highest BCUT2D eigenvalue weighted by molar-refractivity contribution is 6.31. The van der Waals surface area contributed by atoms with E-state index in [0.717, 1.165) is 0 Å². The van der Waals surface area contributed by atoms with Crippen LogP contribution < -0.4 is 5.32 Å². The molecule has 2 N–H and O–H groups in total. The van der Waals surface area contributed by atoms with Crippen LogP contribution in [-0.2, 0) is 4.79 Å². The smallest absolute Gasteiger partial charge is 0.303 e. The first-order valence-corrected chi connectivity index (χ1v) is 6.51. The number of aliphatic carboxylic acids is 1. The molecule has 0 atom stereocenters. The van der Waals surface area contributed by atoms with Crippen LogP contribution in [0.25, 0.3) is 0 Å². The Bertz CT molecular complexity index is 543. The first kappa shape index (κ1) is 16.4. The third-order valence-corrected chi connectivity index (χ3v) is 3.40. The zero-order valence-corrected chi connectivity index (χ0v) is 12.3. The zero-order chi connectivity index (χ0) is 15.5. The van der Waals surface area contributed by atoms with Gasteiger partial charge in [-0.2, -0.15) is 0 Å². The minimum atomic E-state index is -0.947. The van der Waals surface area contributed by atoms with Crippen molar-refractivity contribution in [3.05, 3.63) is 34.1 Å². The average Bonchev–Trinajstić information content (AvgIpc) is 2.33. The van der Waals surface area contributed by atoms with E-state index in [0.29, 0.717) is 5.56 Å². The van der Waals surface area contributed by atoms with Gasteiger partial charge in [-0.25, -0.2) is 4.39 Å².